The lowest BCUT2D eigenvalue weighted by atomic mass is 10.1. The van der Waals surface area contributed by atoms with E-state index in [9.17, 15) is 0 Å². The maximum Gasteiger partial charge on any atom is 0.135 e. The second kappa shape index (κ2) is 5.09. The summed E-state index contributed by atoms with van der Waals surface area (Å²) in [6.07, 6.45) is 5.14. The second-order valence-corrected chi connectivity index (χ2v) is 5.00. The number of thiazole rings is 1. The highest BCUT2D eigenvalue weighted by atomic mass is 32.1. The molecule has 0 saturated heterocycles. The van der Waals surface area contributed by atoms with Crippen molar-refractivity contribution in [3.63, 3.8) is 0 Å². The van der Waals surface area contributed by atoms with Crippen LogP contribution in [0.1, 0.15) is 16.3 Å². The van der Waals surface area contributed by atoms with Gasteiger partial charge in [0.05, 0.1) is 11.3 Å². The van der Waals surface area contributed by atoms with Crippen LogP contribution in [0, 0.1) is 18.8 Å². The van der Waals surface area contributed by atoms with Crippen LogP contribution >= 0.6 is 11.3 Å². The Hall–Kier alpha value is -2.38. The molecule has 0 unspecified atom stereocenters. The fourth-order valence-corrected chi connectivity index (χ4v) is 2.19. The molecule has 0 spiro atoms. The largest absolute Gasteiger partial charge is 0.464 e. The number of nitrogens with zero attached hydrogens (tertiary/aromatic N) is 2. The molecular weight excluding hydrogens is 256 g/mol. The average molecular weight is 266 g/mol. The van der Waals surface area contributed by atoms with Crippen LogP contribution in [-0.4, -0.2) is 9.97 Å². The van der Waals surface area contributed by atoms with Gasteiger partial charge in [-0.3, -0.25) is 4.98 Å². The van der Waals surface area contributed by atoms with Gasteiger partial charge in [0.25, 0.3) is 0 Å². The molecule has 0 amide bonds. The zero-order valence-corrected chi connectivity index (χ0v) is 11.1. The van der Waals surface area contributed by atoms with Crippen molar-refractivity contribution in [1.82, 2.24) is 9.97 Å². The molecule has 0 aliphatic heterocycles. The van der Waals surface area contributed by atoms with E-state index in [-0.39, 0.29) is 0 Å². The van der Waals surface area contributed by atoms with Gasteiger partial charge in [0.2, 0.25) is 0 Å². The summed E-state index contributed by atoms with van der Waals surface area (Å²) in [5, 5.41) is 2.97. The van der Waals surface area contributed by atoms with E-state index in [1.807, 2.05) is 30.5 Å². The van der Waals surface area contributed by atoms with Crippen LogP contribution < -0.4 is 0 Å². The Bertz CT molecular complexity index is 748. The number of hydrogen-bond acceptors (Lipinski definition) is 4. The summed E-state index contributed by atoms with van der Waals surface area (Å²) in [5.41, 5.74) is 2.57. The minimum atomic E-state index is 0.792. The molecule has 0 aliphatic carbocycles. The summed E-state index contributed by atoms with van der Waals surface area (Å²) in [4.78, 5) is 8.48. The van der Waals surface area contributed by atoms with E-state index in [2.05, 4.69) is 21.8 Å². The minimum Gasteiger partial charge on any atom is -0.464 e. The van der Waals surface area contributed by atoms with Crippen molar-refractivity contribution in [2.75, 3.05) is 0 Å². The highest BCUT2D eigenvalue weighted by Gasteiger charge is 2.01. The highest BCUT2D eigenvalue weighted by molar-refractivity contribution is 7.09. The Labute approximate surface area is 115 Å². The monoisotopic (exact) mass is 266 g/mol. The van der Waals surface area contributed by atoms with Gasteiger partial charge < -0.3 is 4.42 Å². The number of rotatable bonds is 1. The van der Waals surface area contributed by atoms with E-state index in [1.54, 1.807) is 30.0 Å². The van der Waals surface area contributed by atoms with E-state index < -0.39 is 0 Å². The number of furan rings is 1. The molecule has 92 valence electrons. The van der Waals surface area contributed by atoms with E-state index in [0.29, 0.717) is 0 Å². The van der Waals surface area contributed by atoms with Gasteiger partial charge in [-0.25, -0.2) is 4.98 Å². The van der Waals surface area contributed by atoms with Crippen molar-refractivity contribution in [1.29, 1.82) is 0 Å². The van der Waals surface area contributed by atoms with Gasteiger partial charge in [-0.1, -0.05) is 5.92 Å². The van der Waals surface area contributed by atoms with Gasteiger partial charge in [0.1, 0.15) is 11.5 Å². The van der Waals surface area contributed by atoms with Crippen LogP contribution in [-0.2, 0) is 0 Å². The number of pyridine rings is 1. The molecule has 0 aliphatic rings. The molecule has 4 heteroatoms. The Balaban J connectivity index is 1.90. The van der Waals surface area contributed by atoms with Crippen molar-refractivity contribution in [2.45, 2.75) is 6.92 Å². The third kappa shape index (κ3) is 2.72. The van der Waals surface area contributed by atoms with Crippen LogP contribution in [0.3, 0.4) is 0 Å². The molecule has 0 N–H and O–H groups in total. The number of aromatic nitrogens is 2. The summed E-state index contributed by atoms with van der Waals surface area (Å²) >= 11 is 1.60. The Morgan fingerprint density at radius 2 is 2.21 bits per heavy atom. The molecule has 3 rings (SSSR count). The first-order valence-corrected chi connectivity index (χ1v) is 6.62. The highest BCUT2D eigenvalue weighted by Crippen LogP contribution is 2.19. The molecule has 0 radical (unpaired) electrons. The Kier molecular flexibility index (Phi) is 3.13. The Morgan fingerprint density at radius 3 is 2.95 bits per heavy atom. The van der Waals surface area contributed by atoms with Gasteiger partial charge in [-0.15, -0.1) is 11.3 Å². The van der Waals surface area contributed by atoms with E-state index in [4.69, 9.17) is 4.42 Å². The first-order chi connectivity index (χ1) is 9.31. The van der Waals surface area contributed by atoms with Gasteiger partial charge in [-0.05, 0) is 31.0 Å². The fraction of sp³-hybridized carbons (Fsp3) is 0.0667. The van der Waals surface area contributed by atoms with Crippen LogP contribution in [0.5, 0.6) is 0 Å². The zero-order chi connectivity index (χ0) is 13.1. The quantitative estimate of drug-likeness (QED) is 0.633. The summed E-state index contributed by atoms with van der Waals surface area (Å²) in [7, 11) is 0. The lowest BCUT2D eigenvalue weighted by Gasteiger charge is -1.96. The topological polar surface area (TPSA) is 38.9 Å². The van der Waals surface area contributed by atoms with Gasteiger partial charge in [-0.2, -0.15) is 0 Å². The van der Waals surface area contributed by atoms with Gasteiger partial charge in [0.15, 0.2) is 0 Å². The summed E-state index contributed by atoms with van der Waals surface area (Å²) in [6.45, 7) is 1.97. The van der Waals surface area contributed by atoms with Crippen molar-refractivity contribution in [2.24, 2.45) is 0 Å². The predicted molar refractivity (Wildman–Crippen MR) is 74.8 cm³/mol. The maximum absolute atomic E-state index is 5.34. The molecule has 0 saturated carbocycles. The van der Waals surface area contributed by atoms with Crippen LogP contribution in [0.25, 0.3) is 11.3 Å². The van der Waals surface area contributed by atoms with Crippen LogP contribution in [0.15, 0.2) is 46.7 Å². The smallest absolute Gasteiger partial charge is 0.135 e. The first kappa shape index (κ1) is 11.7. The van der Waals surface area contributed by atoms with E-state index >= 15 is 0 Å². The third-order valence-corrected chi connectivity index (χ3v) is 3.27. The SMILES string of the molecule is Cc1nc(C#Cc2cncc(-c3ccco3)c2)cs1. The van der Waals surface area contributed by atoms with Crippen molar-refractivity contribution in [3.8, 4) is 23.2 Å². The molecule has 0 fully saturated rings. The third-order valence-electron chi connectivity index (χ3n) is 2.50. The molecule has 19 heavy (non-hydrogen) atoms. The van der Waals surface area contributed by atoms with Gasteiger partial charge >= 0.3 is 0 Å². The van der Waals surface area contributed by atoms with Gasteiger partial charge in [0, 0.05) is 28.9 Å². The lowest BCUT2D eigenvalue weighted by molar-refractivity contribution is 0.582. The van der Waals surface area contributed by atoms with Crippen LogP contribution in [0.4, 0.5) is 0 Å². The number of aryl methyl sites for hydroxylation is 1. The van der Waals surface area contributed by atoms with Crippen molar-refractivity contribution >= 4 is 11.3 Å². The minimum absolute atomic E-state index is 0.792. The number of hydrogen-bond donors (Lipinski definition) is 0. The molecule has 3 aromatic rings. The average Bonchev–Trinajstić information content (AvgIpc) is 3.08. The second-order valence-electron chi connectivity index (χ2n) is 3.94. The molecular formula is C15H10N2OS. The predicted octanol–water partition coefficient (Wildman–Crippen LogP) is 3.51. The standard InChI is InChI=1S/C15H10N2OS/c1-11-17-14(10-19-11)5-4-12-7-13(9-16-8-12)15-3-2-6-18-15/h2-3,6-10H,1H3. The first-order valence-electron chi connectivity index (χ1n) is 5.74. The van der Waals surface area contributed by atoms with E-state index in [1.165, 1.54) is 0 Å². The molecule has 3 aromatic heterocycles. The molecule has 0 atom stereocenters. The maximum atomic E-state index is 5.34. The van der Waals surface area contributed by atoms with Crippen molar-refractivity contribution in [3.05, 3.63) is 58.5 Å². The zero-order valence-electron chi connectivity index (χ0n) is 10.3. The van der Waals surface area contributed by atoms with E-state index in [0.717, 1.165) is 27.6 Å². The fourth-order valence-electron chi connectivity index (χ4n) is 1.64. The van der Waals surface area contributed by atoms with Crippen LogP contribution in [0.2, 0.25) is 0 Å². The molecule has 3 nitrogen and oxygen atoms in total. The summed E-state index contributed by atoms with van der Waals surface area (Å²) < 4.78 is 5.34. The summed E-state index contributed by atoms with van der Waals surface area (Å²) in [5.74, 6) is 6.89. The molecule has 3 heterocycles. The summed E-state index contributed by atoms with van der Waals surface area (Å²) in [6, 6.07) is 5.71. The normalized spacial score (nSPS) is 9.95. The molecule has 0 aromatic carbocycles. The van der Waals surface area contributed by atoms with Crippen molar-refractivity contribution < 1.29 is 4.42 Å². The Morgan fingerprint density at radius 1 is 1.26 bits per heavy atom. The molecule has 0 bridgehead atoms. The lowest BCUT2D eigenvalue weighted by Crippen LogP contribution is -1.82.